The van der Waals surface area contributed by atoms with Gasteiger partial charge in [0.25, 0.3) is 5.91 Å². The molecule has 1 aliphatic heterocycles. The molecule has 0 spiro atoms. The third-order valence-corrected chi connectivity index (χ3v) is 6.45. The fraction of sp³-hybridized carbons (Fsp3) is 0.320. The van der Waals surface area contributed by atoms with E-state index in [9.17, 15) is 27.9 Å². The van der Waals surface area contributed by atoms with Gasteiger partial charge in [-0.2, -0.15) is 13.2 Å². The van der Waals surface area contributed by atoms with Crippen molar-refractivity contribution in [3.05, 3.63) is 81.8 Å². The van der Waals surface area contributed by atoms with Crippen LogP contribution < -0.4 is 5.69 Å². The highest BCUT2D eigenvalue weighted by atomic mass is 35.5. The molecule has 2 aromatic carbocycles. The van der Waals surface area contributed by atoms with E-state index in [-0.39, 0.29) is 24.1 Å². The fourth-order valence-corrected chi connectivity index (χ4v) is 4.29. The number of aliphatic hydroxyl groups excluding tert-OH is 1. The quantitative estimate of drug-likeness (QED) is 0.358. The summed E-state index contributed by atoms with van der Waals surface area (Å²) in [5.41, 5.74) is 0.171. The summed E-state index contributed by atoms with van der Waals surface area (Å²) >= 11 is 5.92. The summed E-state index contributed by atoms with van der Waals surface area (Å²) in [6, 6.07) is 12.7. The zero-order valence-electron chi connectivity index (χ0n) is 20.8. The van der Waals surface area contributed by atoms with Crippen LogP contribution in [-0.4, -0.2) is 70.6 Å². The van der Waals surface area contributed by atoms with E-state index in [1.807, 2.05) is 0 Å². The first-order valence-electron chi connectivity index (χ1n) is 12.2. The van der Waals surface area contributed by atoms with Crippen LogP contribution in [0, 0.1) is 0 Å². The van der Waals surface area contributed by atoms with Crippen molar-refractivity contribution in [1.29, 1.82) is 0 Å². The molecule has 1 atom stereocenters. The van der Waals surface area contributed by atoms with E-state index in [0.717, 1.165) is 22.1 Å². The number of nitrogens with zero attached hydrogens (tertiary/aromatic N) is 7. The van der Waals surface area contributed by atoms with Gasteiger partial charge in [0.1, 0.15) is 12.9 Å². The first kappa shape index (κ1) is 27.6. The summed E-state index contributed by atoms with van der Waals surface area (Å²) in [7, 11) is 0. The van der Waals surface area contributed by atoms with Crippen molar-refractivity contribution < 1.29 is 27.9 Å². The minimum atomic E-state index is -4.94. The minimum absolute atomic E-state index is 0.0955. The number of halogens is 4. The summed E-state index contributed by atoms with van der Waals surface area (Å²) in [5, 5.41) is 19.9. The second-order valence-electron chi connectivity index (χ2n) is 9.01. The van der Waals surface area contributed by atoms with Gasteiger partial charge in [-0.15, -0.1) is 10.2 Å². The van der Waals surface area contributed by atoms with Crippen molar-refractivity contribution in [1.82, 2.24) is 34.2 Å². The molecule has 15 heteroatoms. The lowest BCUT2D eigenvalue weighted by Crippen LogP contribution is -2.37. The molecule has 11 nitrogen and oxygen atoms in total. The van der Waals surface area contributed by atoms with Crippen molar-refractivity contribution >= 4 is 17.5 Å². The number of para-hydroxylation sites is 1. The van der Waals surface area contributed by atoms with E-state index in [4.69, 9.17) is 16.4 Å². The molecular weight excluding hydrogens is 555 g/mol. The van der Waals surface area contributed by atoms with Gasteiger partial charge < -0.3 is 5.11 Å². The Balaban J connectivity index is 1.45. The lowest BCUT2D eigenvalue weighted by atomic mass is 10.1. The van der Waals surface area contributed by atoms with Gasteiger partial charge in [0.2, 0.25) is 0 Å². The van der Waals surface area contributed by atoms with E-state index in [0.29, 0.717) is 35.0 Å². The summed E-state index contributed by atoms with van der Waals surface area (Å²) in [6.45, 7) is -0.440. The van der Waals surface area contributed by atoms with Crippen molar-refractivity contribution in [2.24, 2.45) is 0 Å². The molecule has 4 aromatic rings. The number of amides is 1. The van der Waals surface area contributed by atoms with E-state index in [1.165, 1.54) is 40.3 Å². The third kappa shape index (κ3) is 5.78. The Hall–Kier alpha value is -4.01. The van der Waals surface area contributed by atoms with Gasteiger partial charge in [0.05, 0.1) is 24.4 Å². The highest BCUT2D eigenvalue weighted by Gasteiger charge is 2.39. The maximum Gasteiger partial charge on any atom is 0.416 e. The largest absolute Gasteiger partial charge is 0.416 e. The van der Waals surface area contributed by atoms with Gasteiger partial charge in [-0.1, -0.05) is 23.7 Å². The summed E-state index contributed by atoms with van der Waals surface area (Å²) < 4.78 is 42.3. The van der Waals surface area contributed by atoms with Gasteiger partial charge in [0.15, 0.2) is 17.8 Å². The predicted octanol–water partition coefficient (Wildman–Crippen LogP) is 3.09. The first-order valence-corrected chi connectivity index (χ1v) is 12.6. The topological polar surface area (TPSA) is 120 Å². The number of hydroxylamine groups is 2. The Morgan fingerprint density at radius 1 is 1.10 bits per heavy atom. The van der Waals surface area contributed by atoms with Gasteiger partial charge in [-0.25, -0.2) is 24.2 Å². The summed E-state index contributed by atoms with van der Waals surface area (Å²) in [4.78, 5) is 35.9. The minimum Gasteiger partial charge on any atom is -0.382 e. The highest BCUT2D eigenvalue weighted by molar-refractivity contribution is 6.30. The Morgan fingerprint density at radius 2 is 1.85 bits per heavy atom. The lowest BCUT2D eigenvalue weighted by Gasteiger charge is -2.26. The molecular formula is C25H23ClF3N7O4. The van der Waals surface area contributed by atoms with Crippen LogP contribution >= 0.6 is 11.6 Å². The summed E-state index contributed by atoms with van der Waals surface area (Å²) in [6.07, 6.45) is -4.69. The van der Waals surface area contributed by atoms with Gasteiger partial charge in [-0.05, 0) is 49.2 Å². The lowest BCUT2D eigenvalue weighted by molar-refractivity contribution is -0.207. The maximum atomic E-state index is 13.1. The zero-order chi connectivity index (χ0) is 28.4. The highest BCUT2D eigenvalue weighted by Crippen LogP contribution is 2.24. The SMILES string of the molecule is O=C(c1ccccc1-n1cnc(Cn2nc(-c3ccc(Cl)cc3)n(C[C@H](O)C(F)(F)F)c2=O)n1)N1CCCCO1. The second kappa shape index (κ2) is 11.2. The van der Waals surface area contributed by atoms with Crippen molar-refractivity contribution in [2.45, 2.75) is 38.2 Å². The monoisotopic (exact) mass is 577 g/mol. The Labute approximate surface area is 229 Å². The molecule has 0 saturated carbocycles. The number of carbonyl (C=O) groups excluding carboxylic acids is 1. The van der Waals surface area contributed by atoms with E-state index >= 15 is 0 Å². The van der Waals surface area contributed by atoms with E-state index in [1.54, 1.807) is 24.3 Å². The maximum absolute atomic E-state index is 13.1. The van der Waals surface area contributed by atoms with Crippen molar-refractivity contribution in [3.63, 3.8) is 0 Å². The number of aromatic nitrogens is 6. The van der Waals surface area contributed by atoms with Gasteiger partial charge in [0, 0.05) is 17.1 Å². The molecule has 0 radical (unpaired) electrons. The molecule has 1 fully saturated rings. The molecule has 3 heterocycles. The van der Waals surface area contributed by atoms with Crippen LogP contribution in [-0.2, 0) is 17.9 Å². The average Bonchev–Trinajstić information content (AvgIpc) is 3.53. The normalized spacial score (nSPS) is 14.9. The van der Waals surface area contributed by atoms with Crippen LogP contribution in [0.5, 0.6) is 0 Å². The van der Waals surface area contributed by atoms with Crippen LogP contribution in [0.2, 0.25) is 5.02 Å². The molecule has 0 bridgehead atoms. The molecule has 210 valence electrons. The predicted molar refractivity (Wildman–Crippen MR) is 136 cm³/mol. The molecule has 2 aromatic heterocycles. The van der Waals surface area contributed by atoms with E-state index < -0.39 is 24.5 Å². The smallest absolute Gasteiger partial charge is 0.382 e. The van der Waals surface area contributed by atoms with Crippen LogP contribution in [0.3, 0.4) is 0 Å². The second-order valence-corrected chi connectivity index (χ2v) is 9.45. The number of alkyl halides is 3. The fourth-order valence-electron chi connectivity index (χ4n) is 4.16. The Morgan fingerprint density at radius 3 is 2.55 bits per heavy atom. The molecule has 0 unspecified atom stereocenters. The molecule has 40 heavy (non-hydrogen) atoms. The average molecular weight is 578 g/mol. The number of hydrogen-bond donors (Lipinski definition) is 1. The molecule has 1 saturated heterocycles. The molecule has 1 aliphatic rings. The molecule has 5 rings (SSSR count). The molecule has 1 amide bonds. The van der Waals surface area contributed by atoms with Crippen molar-refractivity contribution in [2.75, 3.05) is 13.2 Å². The van der Waals surface area contributed by atoms with Crippen LogP contribution in [0.15, 0.2) is 59.7 Å². The standard InChI is InChI=1S/C25H23ClF3N7O4/c26-17-9-7-16(8-10-17)22-32-34(24(39)33(22)13-20(37)25(27,28)29)14-21-30-15-35(31-21)19-6-2-1-5-18(19)23(38)36-11-3-4-12-40-36/h1-2,5-10,15,20,37H,3-4,11-14H2/t20-/m0/s1. The zero-order valence-corrected chi connectivity index (χ0v) is 21.6. The van der Waals surface area contributed by atoms with Gasteiger partial charge >= 0.3 is 11.9 Å². The number of benzene rings is 2. The van der Waals surface area contributed by atoms with E-state index in [2.05, 4.69) is 15.2 Å². The van der Waals surface area contributed by atoms with Crippen LogP contribution in [0.25, 0.3) is 17.1 Å². The van der Waals surface area contributed by atoms with Gasteiger partial charge in [-0.3, -0.25) is 14.2 Å². The number of carbonyl (C=O) groups is 1. The Kier molecular flexibility index (Phi) is 7.74. The van der Waals surface area contributed by atoms with Crippen LogP contribution in [0.1, 0.15) is 29.0 Å². The third-order valence-electron chi connectivity index (χ3n) is 6.20. The molecule has 1 N–H and O–H groups in total. The Bertz CT molecular complexity index is 1560. The van der Waals surface area contributed by atoms with Crippen LogP contribution in [0.4, 0.5) is 13.2 Å². The number of hydrogen-bond acceptors (Lipinski definition) is 7. The number of aliphatic hydroxyl groups is 1. The summed E-state index contributed by atoms with van der Waals surface area (Å²) in [5.74, 6) is -0.317. The number of rotatable bonds is 7. The molecule has 0 aliphatic carbocycles. The van der Waals surface area contributed by atoms with Crippen molar-refractivity contribution in [3.8, 4) is 17.1 Å². The first-order chi connectivity index (χ1) is 19.1.